The summed E-state index contributed by atoms with van der Waals surface area (Å²) in [6.45, 7) is 1.41. The molecule has 1 N–H and O–H groups in total. The summed E-state index contributed by atoms with van der Waals surface area (Å²) in [5.74, 6) is -0.377. The molecule has 2 aliphatic heterocycles. The van der Waals surface area contributed by atoms with Gasteiger partial charge < -0.3 is 19.4 Å². The summed E-state index contributed by atoms with van der Waals surface area (Å²) in [5, 5.41) is 3.55. The molecule has 5 heterocycles. The Morgan fingerprint density at radius 1 is 1.12 bits per heavy atom. The normalized spacial score (nSPS) is 16.6. The van der Waals surface area contributed by atoms with E-state index in [2.05, 4.69) is 10.3 Å². The van der Waals surface area contributed by atoms with Gasteiger partial charge >= 0.3 is 11.9 Å². The lowest BCUT2D eigenvalue weighted by Gasteiger charge is -2.35. The van der Waals surface area contributed by atoms with E-state index in [1.807, 2.05) is 42.5 Å². The Bertz CT molecular complexity index is 1790. The van der Waals surface area contributed by atoms with E-state index in [1.165, 1.54) is 5.56 Å². The molecule has 2 aliphatic rings. The number of amides is 1. The monoisotopic (exact) mass is 598 g/mol. The fourth-order valence-corrected chi connectivity index (χ4v) is 6.49. The lowest BCUT2D eigenvalue weighted by Crippen LogP contribution is -2.48. The number of aryl methyl sites for hydroxylation is 1. The fourth-order valence-electron chi connectivity index (χ4n) is 5.58. The van der Waals surface area contributed by atoms with E-state index in [-0.39, 0.29) is 36.5 Å². The van der Waals surface area contributed by atoms with Gasteiger partial charge in [-0.15, -0.1) is 0 Å². The summed E-state index contributed by atoms with van der Waals surface area (Å²) >= 11 is 1.65. The summed E-state index contributed by atoms with van der Waals surface area (Å²) in [4.78, 5) is 61.0. The third-order valence-electron chi connectivity index (χ3n) is 7.86. The van der Waals surface area contributed by atoms with E-state index in [1.54, 1.807) is 41.7 Å². The number of nitrogens with one attached hydrogen (secondary N) is 1. The molecule has 1 amide bonds. The van der Waals surface area contributed by atoms with E-state index in [0.29, 0.717) is 29.2 Å². The molecule has 11 heteroatoms. The molecule has 0 saturated heterocycles. The van der Waals surface area contributed by atoms with E-state index in [4.69, 9.17) is 14.5 Å². The molecule has 0 aliphatic carbocycles. The van der Waals surface area contributed by atoms with Gasteiger partial charge in [0.1, 0.15) is 13.2 Å². The van der Waals surface area contributed by atoms with Crippen LogP contribution in [-0.2, 0) is 49.0 Å². The number of cyclic esters (lactones) is 1. The minimum atomic E-state index is -1.81. The summed E-state index contributed by atoms with van der Waals surface area (Å²) < 4.78 is 12.8. The van der Waals surface area contributed by atoms with E-state index in [0.717, 1.165) is 28.6 Å². The van der Waals surface area contributed by atoms with Crippen molar-refractivity contribution in [2.24, 2.45) is 0 Å². The van der Waals surface area contributed by atoms with Crippen LogP contribution in [0.1, 0.15) is 42.0 Å². The lowest BCUT2D eigenvalue weighted by molar-refractivity contribution is -0.189. The largest absolute Gasteiger partial charge is 0.457 e. The van der Waals surface area contributed by atoms with Gasteiger partial charge in [0.25, 0.3) is 5.56 Å². The highest BCUT2D eigenvalue weighted by atomic mass is 32.2. The molecule has 1 unspecified atom stereocenters. The smallest absolute Gasteiger partial charge is 0.355 e. The van der Waals surface area contributed by atoms with Crippen LogP contribution < -0.4 is 10.9 Å². The fraction of sp³-hybridized carbons (Fsp3) is 0.312. The number of ether oxygens (including phenoxy) is 2. The molecule has 0 fully saturated rings. The van der Waals surface area contributed by atoms with Crippen LogP contribution in [-0.4, -0.2) is 50.4 Å². The van der Waals surface area contributed by atoms with E-state index in [9.17, 15) is 19.2 Å². The van der Waals surface area contributed by atoms with Crippen LogP contribution in [0.3, 0.4) is 0 Å². The summed E-state index contributed by atoms with van der Waals surface area (Å²) in [6.07, 6.45) is 4.67. The first-order chi connectivity index (χ1) is 20.9. The zero-order valence-electron chi connectivity index (χ0n) is 23.6. The zero-order valence-corrected chi connectivity index (χ0v) is 24.4. The van der Waals surface area contributed by atoms with Gasteiger partial charge in [-0.2, -0.15) is 11.8 Å². The zero-order chi connectivity index (χ0) is 30.0. The van der Waals surface area contributed by atoms with Crippen molar-refractivity contribution in [3.63, 3.8) is 0 Å². The number of hydrogen-bond acceptors (Lipinski definition) is 9. The minimum absolute atomic E-state index is 0.0491. The second-order valence-corrected chi connectivity index (χ2v) is 11.7. The number of benzene rings is 1. The van der Waals surface area contributed by atoms with Gasteiger partial charge in [0, 0.05) is 41.1 Å². The van der Waals surface area contributed by atoms with Crippen LogP contribution in [0, 0.1) is 0 Å². The molecule has 10 nitrogen and oxygen atoms in total. The van der Waals surface area contributed by atoms with Gasteiger partial charge in [0.2, 0.25) is 11.5 Å². The van der Waals surface area contributed by atoms with Crippen molar-refractivity contribution in [1.82, 2.24) is 19.9 Å². The molecular weight excluding hydrogens is 568 g/mol. The van der Waals surface area contributed by atoms with Gasteiger partial charge in [0.15, 0.2) is 0 Å². The predicted octanol–water partition coefficient (Wildman–Crippen LogP) is 3.51. The summed E-state index contributed by atoms with van der Waals surface area (Å²) in [7, 11) is 0. The molecule has 1 aromatic carbocycles. The number of carbonyl (C=O) groups excluding carboxylic acids is 3. The van der Waals surface area contributed by atoms with Crippen molar-refractivity contribution < 1.29 is 23.9 Å². The van der Waals surface area contributed by atoms with Crippen molar-refractivity contribution in [1.29, 1.82) is 0 Å². The van der Waals surface area contributed by atoms with Crippen molar-refractivity contribution >= 4 is 40.5 Å². The van der Waals surface area contributed by atoms with Crippen molar-refractivity contribution in [2.75, 3.05) is 18.1 Å². The maximum absolute atomic E-state index is 13.6. The number of hydrogen-bond donors (Lipinski definition) is 1. The SMILES string of the molecule is CCC1(OC(=O)CNC(=O)CCSCCc2ccncc2)C(=O)OCc2c1cc1n(c2=O)Cc2cc3ccccc3nc2-1. The molecule has 220 valence electrons. The number of para-hydroxylation sites is 1. The van der Waals surface area contributed by atoms with Gasteiger partial charge in [-0.3, -0.25) is 19.4 Å². The third kappa shape index (κ3) is 5.52. The Morgan fingerprint density at radius 3 is 2.74 bits per heavy atom. The van der Waals surface area contributed by atoms with Gasteiger partial charge in [-0.1, -0.05) is 25.1 Å². The highest BCUT2D eigenvalue weighted by Crippen LogP contribution is 2.40. The Kier molecular flexibility index (Phi) is 7.98. The van der Waals surface area contributed by atoms with Crippen LogP contribution >= 0.6 is 11.8 Å². The molecule has 0 bridgehead atoms. The number of thioether (sulfide) groups is 1. The van der Waals surface area contributed by atoms with Gasteiger partial charge in [-0.05, 0) is 54.5 Å². The van der Waals surface area contributed by atoms with Crippen molar-refractivity contribution in [2.45, 2.75) is 44.9 Å². The number of pyridine rings is 3. The first-order valence-corrected chi connectivity index (χ1v) is 15.3. The number of fused-ring (bicyclic) bond motifs is 5. The Morgan fingerprint density at radius 2 is 1.93 bits per heavy atom. The maximum atomic E-state index is 13.6. The van der Waals surface area contributed by atoms with Crippen LogP contribution in [0.4, 0.5) is 0 Å². The first-order valence-electron chi connectivity index (χ1n) is 14.2. The molecule has 0 radical (unpaired) electrons. The van der Waals surface area contributed by atoms with Gasteiger partial charge in [-0.25, -0.2) is 9.78 Å². The molecule has 0 saturated carbocycles. The Hall–Kier alpha value is -4.51. The average Bonchev–Trinajstić information content (AvgIpc) is 3.38. The van der Waals surface area contributed by atoms with E-state index >= 15 is 0 Å². The first kappa shape index (κ1) is 28.6. The molecule has 6 rings (SSSR count). The van der Waals surface area contributed by atoms with Gasteiger partial charge in [0.05, 0.1) is 29.0 Å². The van der Waals surface area contributed by atoms with Crippen LogP contribution in [0.5, 0.6) is 0 Å². The second kappa shape index (κ2) is 12.0. The highest BCUT2D eigenvalue weighted by molar-refractivity contribution is 7.99. The lowest BCUT2D eigenvalue weighted by atomic mass is 9.85. The van der Waals surface area contributed by atoms with Crippen molar-refractivity contribution in [3.05, 3.63) is 93.5 Å². The minimum Gasteiger partial charge on any atom is -0.457 e. The Balaban J connectivity index is 1.15. The highest BCUT2D eigenvalue weighted by Gasteiger charge is 2.50. The summed E-state index contributed by atoms with van der Waals surface area (Å²) in [5.41, 5.74) is 2.51. The quantitative estimate of drug-likeness (QED) is 0.190. The number of rotatable bonds is 10. The number of aromatic nitrogens is 3. The third-order valence-corrected chi connectivity index (χ3v) is 8.85. The molecule has 3 aromatic heterocycles. The van der Waals surface area contributed by atoms with Crippen LogP contribution in [0.15, 0.2) is 65.7 Å². The molecular formula is C32H30N4O6S. The average molecular weight is 599 g/mol. The van der Waals surface area contributed by atoms with Crippen LogP contribution in [0.2, 0.25) is 0 Å². The molecule has 1 atom stereocenters. The predicted molar refractivity (Wildman–Crippen MR) is 161 cm³/mol. The van der Waals surface area contributed by atoms with Crippen molar-refractivity contribution in [3.8, 4) is 11.4 Å². The summed E-state index contributed by atoms with van der Waals surface area (Å²) in [6, 6.07) is 15.4. The van der Waals surface area contributed by atoms with Crippen LogP contribution in [0.25, 0.3) is 22.3 Å². The maximum Gasteiger partial charge on any atom is 0.355 e. The standard InChI is InChI=1S/C32H30N4O6S/c1-2-32(42-28(38)17-34-27(37)10-14-43-13-9-20-7-11-33-12-8-20)24-16-26-29-22(15-21-5-3-4-6-25(21)35-29)18-36(26)30(39)23(24)19-41-31(32)40/h3-8,11-12,15-16H,2,9-10,13-14,17-19H2,1H3,(H,34,37). The second-order valence-electron chi connectivity index (χ2n) is 10.5. The van der Waals surface area contributed by atoms with E-state index < -0.39 is 24.1 Å². The molecule has 43 heavy (non-hydrogen) atoms. The number of nitrogens with zero attached hydrogens (tertiary/aromatic N) is 3. The topological polar surface area (TPSA) is 129 Å². The number of esters is 2. The molecule has 0 spiro atoms. The Labute approximate surface area is 251 Å². The number of carbonyl (C=O) groups is 3. The molecule has 4 aromatic rings.